The van der Waals surface area contributed by atoms with Gasteiger partial charge in [-0.1, -0.05) is 46.9 Å². The second kappa shape index (κ2) is 23.5. The number of hydrogen-bond donors (Lipinski definition) is 4. The molecule has 14 rings (SSSR count). The highest BCUT2D eigenvalue weighted by molar-refractivity contribution is 7.90. The van der Waals surface area contributed by atoms with Crippen molar-refractivity contribution in [3.8, 4) is 11.1 Å². The first kappa shape index (κ1) is 56.8. The maximum Gasteiger partial charge on any atom is 0.284 e. The summed E-state index contributed by atoms with van der Waals surface area (Å²) in [6.45, 7) is 4.98. The molecule has 25 heteroatoms. The van der Waals surface area contributed by atoms with E-state index in [1.54, 1.807) is 30.6 Å². The minimum atomic E-state index is -4.20. The van der Waals surface area contributed by atoms with Crippen LogP contribution in [0.1, 0.15) is 122 Å². The first-order valence-electron chi connectivity index (χ1n) is 29.4. The van der Waals surface area contributed by atoms with Gasteiger partial charge in [0.05, 0.1) is 65.9 Å². The number of nitrogens with one attached hydrogen (secondary N) is 4. The molecule has 0 spiro atoms. The number of aromatic nitrogens is 7. The molecule has 4 saturated carbocycles. The van der Waals surface area contributed by atoms with E-state index in [2.05, 4.69) is 40.7 Å². The number of thiazole rings is 1. The summed E-state index contributed by atoms with van der Waals surface area (Å²) in [5, 5.41) is 22.1. The van der Waals surface area contributed by atoms with Gasteiger partial charge in [-0.05, 0) is 141 Å². The van der Waals surface area contributed by atoms with E-state index in [1.165, 1.54) is 60.6 Å². The third kappa shape index (κ3) is 11.6. The van der Waals surface area contributed by atoms with Crippen molar-refractivity contribution >= 4 is 83.7 Å². The molecule has 1 saturated heterocycles. The predicted molar refractivity (Wildman–Crippen MR) is 318 cm³/mol. The summed E-state index contributed by atoms with van der Waals surface area (Å²) >= 11 is 1.41. The highest BCUT2D eigenvalue weighted by Crippen LogP contribution is 2.60. The Bertz CT molecular complexity index is 3900. The Hall–Kier alpha value is -8.26. The third-order valence-electron chi connectivity index (χ3n) is 17.8. The van der Waals surface area contributed by atoms with E-state index in [1.807, 2.05) is 60.4 Å². The third-order valence-corrected chi connectivity index (χ3v) is 20.1. The van der Waals surface area contributed by atoms with Crippen LogP contribution in [0.15, 0.2) is 85.2 Å². The van der Waals surface area contributed by atoms with Crippen LogP contribution in [-0.2, 0) is 61.7 Å². The number of piperidine rings is 1. The van der Waals surface area contributed by atoms with E-state index in [0.717, 1.165) is 56.2 Å². The van der Waals surface area contributed by atoms with Crippen LogP contribution in [0.4, 0.5) is 16.6 Å². The van der Waals surface area contributed by atoms with Crippen LogP contribution in [0, 0.1) is 30.1 Å². The lowest BCUT2D eigenvalue weighted by Crippen LogP contribution is -2.54. The Kier molecular flexibility index (Phi) is 15.6. The van der Waals surface area contributed by atoms with Crippen LogP contribution in [0.5, 0.6) is 0 Å². The number of para-hydroxylation sites is 1. The molecule has 446 valence electrons. The van der Waals surface area contributed by atoms with Gasteiger partial charge < -0.3 is 19.7 Å². The molecule has 1 atom stereocenters. The first-order valence-corrected chi connectivity index (χ1v) is 31.8. The molecule has 7 heterocycles. The average Bonchev–Trinajstić information content (AvgIpc) is 1.57. The van der Waals surface area contributed by atoms with Crippen molar-refractivity contribution in [1.82, 2.24) is 49.7 Å². The van der Waals surface area contributed by atoms with Crippen molar-refractivity contribution in [3.05, 3.63) is 130 Å². The van der Waals surface area contributed by atoms with E-state index in [0.29, 0.717) is 65.1 Å². The van der Waals surface area contributed by atoms with Gasteiger partial charge in [-0.3, -0.25) is 53.7 Å². The zero-order valence-corrected chi connectivity index (χ0v) is 49.1. The van der Waals surface area contributed by atoms with Gasteiger partial charge in [0.25, 0.3) is 23.6 Å². The second-order valence-electron chi connectivity index (χ2n) is 23.7. The zero-order chi connectivity index (χ0) is 59.3. The number of sulfonamides is 1. The van der Waals surface area contributed by atoms with Crippen LogP contribution in [-0.4, -0.2) is 128 Å². The summed E-state index contributed by atoms with van der Waals surface area (Å²) in [6, 6.07) is 20.9. The largest absolute Gasteiger partial charge is 0.382 e. The van der Waals surface area contributed by atoms with Crippen molar-refractivity contribution < 1.29 is 46.7 Å². The molecule has 4 aliphatic carbocycles. The number of carbonyl (C=O) groups excluding carboxylic acids is 6. The number of imide groups is 2. The summed E-state index contributed by atoms with van der Waals surface area (Å²) in [5.74, 6) is -1.07. The number of fused-ring (bicyclic) bond motifs is 3. The van der Waals surface area contributed by atoms with Crippen molar-refractivity contribution in [3.63, 3.8) is 0 Å². The maximum absolute atomic E-state index is 14.6. The average molecular weight is 1200 g/mol. The molecule has 0 radical (unpaired) electrons. The Labute approximate surface area is 499 Å². The zero-order valence-electron chi connectivity index (χ0n) is 47.5. The Morgan fingerprint density at radius 2 is 1.63 bits per heavy atom. The van der Waals surface area contributed by atoms with Gasteiger partial charge >= 0.3 is 0 Å². The summed E-state index contributed by atoms with van der Waals surface area (Å²) in [7, 11) is -4.20. The minimum Gasteiger partial charge on any atom is -0.382 e. The standard InChI is InChI=1S/C61H65N13O10S2/c1-36-45(31-63-73(36)35-61-28-37-25-38(29-61)27-39(26-37)30-61)42-13-15-51(71-20-17-40-7-4-8-43(46(40)33-71)55(76)67-60-64-47-10-2-3-12-50(47)85-60)65-54(42)57(78)69-86(81,82)24-6-19-72-32-41(68-70-72)34-84-23-22-83-21-18-62-48-11-5-9-44-53(48)59(80)74(58(44)79)49-14-16-52(75)66-56(49)77/h2-5,7-13,15,31-32,37-39,49,62H,6,14,16-30,33-35H2,1H3,(H,69,78)(H,64,67,76)(H,66,75,77). The molecular weight excluding hydrogens is 1140 g/mol. The normalized spacial score (nSPS) is 21.5. The predicted octanol–water partition coefficient (Wildman–Crippen LogP) is 6.68. The number of amides is 6. The molecule has 86 heavy (non-hydrogen) atoms. The van der Waals surface area contributed by atoms with Gasteiger partial charge in [-0.25, -0.2) is 23.1 Å². The van der Waals surface area contributed by atoms with Gasteiger partial charge in [-0.15, -0.1) is 5.10 Å². The SMILES string of the molecule is Cc1c(-c2ccc(N3CCc4cccc(C(=O)Nc5nc6ccccc6s5)c4C3)nc2C(=O)NS(=O)(=O)CCCn2cc(COCCOCCNc3cccc4c3C(=O)N(C3CCC(=O)NC3=O)C4=O)nn2)cnn1CC12CC3CC(CC(C3)C1)C2. The fraction of sp³-hybridized carbons (Fsp3) is 0.426. The lowest BCUT2D eigenvalue weighted by molar-refractivity contribution is -0.136. The van der Waals surface area contributed by atoms with Crippen LogP contribution in [0.25, 0.3) is 21.3 Å². The molecule has 7 aliphatic rings. The van der Waals surface area contributed by atoms with E-state index in [9.17, 15) is 37.2 Å². The van der Waals surface area contributed by atoms with E-state index >= 15 is 0 Å². The van der Waals surface area contributed by atoms with Gasteiger partial charge in [0.2, 0.25) is 21.8 Å². The lowest BCUT2D eigenvalue weighted by Gasteiger charge is -2.56. The second-order valence-corrected chi connectivity index (χ2v) is 26.6. The van der Waals surface area contributed by atoms with E-state index in [4.69, 9.17) is 19.6 Å². The lowest BCUT2D eigenvalue weighted by atomic mass is 9.49. The number of rotatable bonds is 22. The number of pyridine rings is 1. The molecule has 4 aromatic heterocycles. The highest BCUT2D eigenvalue weighted by atomic mass is 32.2. The van der Waals surface area contributed by atoms with Crippen LogP contribution < -0.4 is 25.6 Å². The van der Waals surface area contributed by atoms with Gasteiger partial charge in [0.1, 0.15) is 23.2 Å². The number of hydrogen-bond acceptors (Lipinski definition) is 18. The number of carbonyl (C=O) groups is 6. The molecule has 5 fully saturated rings. The molecule has 1 unspecified atom stereocenters. The molecule has 3 aliphatic heterocycles. The fourth-order valence-electron chi connectivity index (χ4n) is 14.3. The van der Waals surface area contributed by atoms with Crippen LogP contribution in [0.2, 0.25) is 0 Å². The summed E-state index contributed by atoms with van der Waals surface area (Å²) in [6.07, 6.45) is 11.9. The number of anilines is 3. The smallest absolute Gasteiger partial charge is 0.284 e. The van der Waals surface area contributed by atoms with E-state index in [-0.39, 0.29) is 86.1 Å². The highest BCUT2D eigenvalue weighted by Gasteiger charge is 2.51. The monoisotopic (exact) mass is 1200 g/mol. The number of ether oxygens (including phenoxy) is 2. The van der Waals surface area contributed by atoms with Crippen molar-refractivity contribution in [2.45, 2.75) is 103 Å². The number of aryl methyl sites for hydroxylation is 1. The maximum atomic E-state index is 14.6. The molecule has 3 aromatic carbocycles. The van der Waals surface area contributed by atoms with Gasteiger partial charge in [-0.2, -0.15) is 5.10 Å². The molecular formula is C61H65N13O10S2. The van der Waals surface area contributed by atoms with Crippen molar-refractivity contribution in [2.75, 3.05) is 54.2 Å². The Morgan fingerprint density at radius 3 is 2.43 bits per heavy atom. The molecule has 6 amide bonds. The summed E-state index contributed by atoms with van der Waals surface area (Å²) in [5.41, 5.74) is 6.66. The van der Waals surface area contributed by atoms with Crippen LogP contribution in [0.3, 0.4) is 0 Å². The van der Waals surface area contributed by atoms with E-state index < -0.39 is 45.6 Å². The number of benzene rings is 3. The quantitative estimate of drug-likeness (QED) is 0.0406. The molecule has 4 N–H and O–H groups in total. The first-order chi connectivity index (χ1) is 41.6. The molecule has 23 nitrogen and oxygen atoms in total. The Balaban J connectivity index is 0.623. The van der Waals surface area contributed by atoms with Crippen molar-refractivity contribution in [1.29, 1.82) is 0 Å². The molecule has 7 aromatic rings. The van der Waals surface area contributed by atoms with Crippen LogP contribution >= 0.6 is 11.3 Å². The van der Waals surface area contributed by atoms with Gasteiger partial charge in [0, 0.05) is 67.2 Å². The minimum absolute atomic E-state index is 0.0292. The summed E-state index contributed by atoms with van der Waals surface area (Å²) < 4.78 is 46.0. The molecule has 4 bridgehead atoms. The Morgan fingerprint density at radius 1 is 0.837 bits per heavy atom. The topological polar surface area (TPSA) is 284 Å². The van der Waals surface area contributed by atoms with Gasteiger partial charge in [0.15, 0.2) is 5.13 Å². The number of nitrogens with zero attached hydrogens (tertiary/aromatic N) is 9. The summed E-state index contributed by atoms with van der Waals surface area (Å²) in [4.78, 5) is 91.7. The van der Waals surface area contributed by atoms with Crippen molar-refractivity contribution in [2.24, 2.45) is 23.2 Å². The fourth-order valence-corrected chi connectivity index (χ4v) is 16.1.